The first-order chi connectivity index (χ1) is 9.76. The summed E-state index contributed by atoms with van der Waals surface area (Å²) in [6.45, 7) is 0.320. The molecule has 2 nitrogen and oxygen atoms in total. The number of thioether (sulfide) groups is 1. The highest BCUT2D eigenvalue weighted by Crippen LogP contribution is 2.37. The lowest BCUT2D eigenvalue weighted by atomic mass is 9.86. The van der Waals surface area contributed by atoms with E-state index in [2.05, 4.69) is 5.32 Å². The molecule has 1 aromatic carbocycles. The quantitative estimate of drug-likeness (QED) is 0.895. The summed E-state index contributed by atoms with van der Waals surface area (Å²) < 4.78 is 13.5. The van der Waals surface area contributed by atoms with Gasteiger partial charge in [-0.05, 0) is 67.5 Å². The second kappa shape index (κ2) is 6.46. The van der Waals surface area contributed by atoms with Gasteiger partial charge in [-0.25, -0.2) is 4.39 Å². The second-order valence-corrected chi connectivity index (χ2v) is 7.08. The summed E-state index contributed by atoms with van der Waals surface area (Å²) in [6, 6.07) is 5.96. The molecule has 0 radical (unpaired) electrons. The van der Waals surface area contributed by atoms with Gasteiger partial charge in [-0.3, -0.25) is 0 Å². The smallest absolute Gasteiger partial charge is 0.123 e. The zero-order valence-corrected chi connectivity index (χ0v) is 12.5. The number of aliphatic hydroxyl groups is 1. The molecule has 3 rings (SSSR count). The topological polar surface area (TPSA) is 32.3 Å². The molecule has 4 heteroatoms. The van der Waals surface area contributed by atoms with Gasteiger partial charge >= 0.3 is 0 Å². The summed E-state index contributed by atoms with van der Waals surface area (Å²) >= 11 is 1.83. The number of halogens is 1. The average Bonchev–Trinajstić information content (AvgIpc) is 2.49. The largest absolute Gasteiger partial charge is 0.396 e. The fraction of sp³-hybridized carbons (Fsp3) is 0.625. The minimum Gasteiger partial charge on any atom is -0.396 e. The highest BCUT2D eigenvalue weighted by Gasteiger charge is 2.26. The normalized spacial score (nSPS) is 30.0. The van der Waals surface area contributed by atoms with Crippen molar-refractivity contribution in [1.29, 1.82) is 0 Å². The fourth-order valence-electron chi connectivity index (χ4n) is 3.33. The van der Waals surface area contributed by atoms with E-state index in [0.717, 1.165) is 43.4 Å². The molecule has 20 heavy (non-hydrogen) atoms. The minimum atomic E-state index is -0.137. The van der Waals surface area contributed by atoms with E-state index >= 15 is 0 Å². The molecule has 110 valence electrons. The molecule has 0 saturated heterocycles. The van der Waals surface area contributed by atoms with Crippen LogP contribution in [0.15, 0.2) is 23.1 Å². The Labute approximate surface area is 124 Å². The maximum atomic E-state index is 13.5. The van der Waals surface area contributed by atoms with Gasteiger partial charge in [0.15, 0.2) is 0 Å². The Bertz CT molecular complexity index is 460. The third-order valence-electron chi connectivity index (χ3n) is 4.55. The Kier molecular flexibility index (Phi) is 4.64. The van der Waals surface area contributed by atoms with E-state index in [-0.39, 0.29) is 11.9 Å². The predicted octanol–water partition coefficient (Wildman–Crippen LogP) is 3.50. The lowest BCUT2D eigenvalue weighted by Crippen LogP contribution is -2.37. The second-order valence-electron chi connectivity index (χ2n) is 5.94. The van der Waals surface area contributed by atoms with Gasteiger partial charge < -0.3 is 10.4 Å². The number of hydrogen-bond donors (Lipinski definition) is 2. The van der Waals surface area contributed by atoms with Crippen LogP contribution >= 0.6 is 11.8 Å². The van der Waals surface area contributed by atoms with Crippen molar-refractivity contribution in [3.63, 3.8) is 0 Å². The van der Waals surface area contributed by atoms with Crippen molar-refractivity contribution >= 4 is 11.8 Å². The van der Waals surface area contributed by atoms with Gasteiger partial charge in [-0.2, -0.15) is 0 Å². The molecule has 1 unspecified atom stereocenters. The molecule has 1 fully saturated rings. The summed E-state index contributed by atoms with van der Waals surface area (Å²) in [4.78, 5) is 1.22. The first-order valence-corrected chi connectivity index (χ1v) is 8.54. The van der Waals surface area contributed by atoms with Gasteiger partial charge in [0.2, 0.25) is 0 Å². The van der Waals surface area contributed by atoms with E-state index in [9.17, 15) is 9.50 Å². The molecular weight excluding hydrogens is 273 g/mol. The van der Waals surface area contributed by atoms with Gasteiger partial charge in [0, 0.05) is 23.6 Å². The molecule has 1 aromatic rings. The summed E-state index contributed by atoms with van der Waals surface area (Å²) in [6.07, 6.45) is 5.53. The van der Waals surface area contributed by atoms with E-state index in [1.54, 1.807) is 12.1 Å². The third kappa shape index (κ3) is 3.18. The molecule has 0 amide bonds. The van der Waals surface area contributed by atoms with Crippen LogP contribution in [0.5, 0.6) is 0 Å². The number of rotatable bonds is 3. The molecule has 0 bridgehead atoms. The standard InChI is InChI=1S/C16H22FNOS/c17-12-3-6-16-14(9-12)15(7-8-20-16)18-13-4-1-11(10-19)2-5-13/h3,6,9,11,13,15,18-19H,1-2,4-5,7-8,10H2. The lowest BCUT2D eigenvalue weighted by molar-refractivity contribution is 0.171. The summed E-state index contributed by atoms with van der Waals surface area (Å²) in [5, 5.41) is 12.9. The van der Waals surface area contributed by atoms with Gasteiger partial charge in [-0.15, -0.1) is 11.8 Å². The van der Waals surface area contributed by atoms with Crippen molar-refractivity contribution in [2.45, 2.75) is 49.1 Å². The van der Waals surface area contributed by atoms with Crippen LogP contribution in [0, 0.1) is 11.7 Å². The van der Waals surface area contributed by atoms with Crippen molar-refractivity contribution in [3.05, 3.63) is 29.6 Å². The Morgan fingerprint density at radius 1 is 1.20 bits per heavy atom. The number of hydrogen-bond acceptors (Lipinski definition) is 3. The molecule has 1 heterocycles. The Morgan fingerprint density at radius 3 is 2.75 bits per heavy atom. The molecule has 2 N–H and O–H groups in total. The Hall–Kier alpha value is -0.580. The van der Waals surface area contributed by atoms with Crippen LogP contribution in [0.1, 0.15) is 43.7 Å². The molecule has 0 aromatic heterocycles. The zero-order chi connectivity index (χ0) is 13.9. The van der Waals surface area contributed by atoms with E-state index < -0.39 is 0 Å². The first-order valence-electron chi connectivity index (χ1n) is 7.55. The van der Waals surface area contributed by atoms with Crippen molar-refractivity contribution in [3.8, 4) is 0 Å². The minimum absolute atomic E-state index is 0.137. The van der Waals surface area contributed by atoms with E-state index in [0.29, 0.717) is 18.6 Å². The summed E-state index contributed by atoms with van der Waals surface area (Å²) in [5.74, 6) is 1.45. The van der Waals surface area contributed by atoms with Crippen molar-refractivity contribution in [2.75, 3.05) is 12.4 Å². The maximum Gasteiger partial charge on any atom is 0.123 e. The van der Waals surface area contributed by atoms with Crippen LogP contribution in [-0.2, 0) is 0 Å². The van der Waals surface area contributed by atoms with E-state index in [1.807, 2.05) is 17.8 Å². The zero-order valence-electron chi connectivity index (χ0n) is 11.6. The van der Waals surface area contributed by atoms with Crippen LogP contribution < -0.4 is 5.32 Å². The summed E-state index contributed by atoms with van der Waals surface area (Å²) in [5.41, 5.74) is 1.13. The van der Waals surface area contributed by atoms with Gasteiger partial charge in [0.25, 0.3) is 0 Å². The van der Waals surface area contributed by atoms with Crippen LogP contribution in [-0.4, -0.2) is 23.5 Å². The lowest BCUT2D eigenvalue weighted by Gasteiger charge is -2.34. The van der Waals surface area contributed by atoms with E-state index in [1.165, 1.54) is 4.90 Å². The predicted molar refractivity (Wildman–Crippen MR) is 80.4 cm³/mol. The van der Waals surface area contributed by atoms with Gasteiger partial charge in [0.05, 0.1) is 0 Å². The van der Waals surface area contributed by atoms with Crippen LogP contribution in [0.4, 0.5) is 4.39 Å². The monoisotopic (exact) mass is 295 g/mol. The number of fused-ring (bicyclic) bond motifs is 1. The molecule has 1 aliphatic heterocycles. The molecule has 2 aliphatic rings. The highest BCUT2D eigenvalue weighted by atomic mass is 32.2. The SMILES string of the molecule is OCC1CCC(NC2CCSc3ccc(F)cc32)CC1. The van der Waals surface area contributed by atoms with Gasteiger partial charge in [-0.1, -0.05) is 0 Å². The molecule has 0 spiro atoms. The van der Waals surface area contributed by atoms with Gasteiger partial charge in [0.1, 0.15) is 5.82 Å². The summed E-state index contributed by atoms with van der Waals surface area (Å²) in [7, 11) is 0. The number of benzene rings is 1. The van der Waals surface area contributed by atoms with E-state index in [4.69, 9.17) is 0 Å². The average molecular weight is 295 g/mol. The number of aliphatic hydroxyl groups excluding tert-OH is 1. The van der Waals surface area contributed by atoms with Crippen LogP contribution in [0.3, 0.4) is 0 Å². The Morgan fingerprint density at radius 2 is 2.00 bits per heavy atom. The van der Waals surface area contributed by atoms with Crippen LogP contribution in [0.2, 0.25) is 0 Å². The Balaban J connectivity index is 1.66. The highest BCUT2D eigenvalue weighted by molar-refractivity contribution is 7.99. The van der Waals surface area contributed by atoms with Crippen molar-refractivity contribution in [1.82, 2.24) is 5.32 Å². The van der Waals surface area contributed by atoms with Crippen LogP contribution in [0.25, 0.3) is 0 Å². The molecule has 1 saturated carbocycles. The molecular formula is C16H22FNOS. The first kappa shape index (κ1) is 14.4. The molecule has 1 atom stereocenters. The fourth-order valence-corrected chi connectivity index (χ4v) is 4.44. The van der Waals surface area contributed by atoms with Crippen molar-refractivity contribution in [2.24, 2.45) is 5.92 Å². The van der Waals surface area contributed by atoms with Crippen molar-refractivity contribution < 1.29 is 9.50 Å². The maximum absolute atomic E-state index is 13.5. The number of nitrogens with one attached hydrogen (secondary N) is 1. The third-order valence-corrected chi connectivity index (χ3v) is 5.68. The molecule has 1 aliphatic carbocycles.